The molecule has 3 atom stereocenters. The fraction of sp³-hybridized carbons (Fsp3) is 0.379. The molecule has 5 heteroatoms. The first-order valence-electron chi connectivity index (χ1n) is 12.1. The molecule has 1 heterocycles. The highest BCUT2D eigenvalue weighted by Gasteiger charge is 2.40. The van der Waals surface area contributed by atoms with E-state index in [0.717, 1.165) is 30.0 Å². The van der Waals surface area contributed by atoms with Gasteiger partial charge in [0.25, 0.3) is 0 Å². The Bertz CT molecular complexity index is 987. The van der Waals surface area contributed by atoms with Crippen LogP contribution in [-0.2, 0) is 6.54 Å². The molecular weight excluding hydrogens is 422 g/mol. The first-order chi connectivity index (χ1) is 16.6. The van der Waals surface area contributed by atoms with Crippen LogP contribution in [-0.4, -0.2) is 51.5 Å². The zero-order chi connectivity index (χ0) is 23.9. The van der Waals surface area contributed by atoms with Crippen LogP contribution in [0.5, 0.6) is 5.75 Å². The third-order valence-corrected chi connectivity index (χ3v) is 7.00. The number of anilines is 1. The number of methoxy groups -OCH3 is 1. The van der Waals surface area contributed by atoms with E-state index >= 15 is 0 Å². The van der Waals surface area contributed by atoms with Crippen molar-refractivity contribution in [2.75, 3.05) is 39.3 Å². The van der Waals surface area contributed by atoms with Gasteiger partial charge in [0.15, 0.2) is 0 Å². The van der Waals surface area contributed by atoms with E-state index < -0.39 is 0 Å². The summed E-state index contributed by atoms with van der Waals surface area (Å²) < 4.78 is 5.67. The van der Waals surface area contributed by atoms with Gasteiger partial charge in [-0.3, -0.25) is 0 Å². The van der Waals surface area contributed by atoms with E-state index in [-0.39, 0.29) is 24.6 Å². The Morgan fingerprint density at radius 3 is 2.21 bits per heavy atom. The summed E-state index contributed by atoms with van der Waals surface area (Å²) in [5.74, 6) is 1.44. The molecule has 1 saturated heterocycles. The molecule has 0 aromatic heterocycles. The van der Waals surface area contributed by atoms with Crippen LogP contribution in [0.25, 0.3) is 0 Å². The van der Waals surface area contributed by atoms with Gasteiger partial charge in [-0.2, -0.15) is 0 Å². The van der Waals surface area contributed by atoms with Gasteiger partial charge >= 0.3 is 0 Å². The van der Waals surface area contributed by atoms with Crippen molar-refractivity contribution < 1.29 is 9.84 Å². The molecule has 5 nitrogen and oxygen atoms in total. The lowest BCUT2D eigenvalue weighted by atomic mass is 9.80. The standard InChI is InChI=1S/C29H37N3O2/c1-32(2)25-14-15-26(34-3)24(18-25)20-30-28-23(16-17-33)19-31-29(28)27(21-10-6-4-7-11-21)22-12-8-5-9-13-22/h4-15,18,23,27-31,33H,16-17,19-20H2,1-3H3. The molecule has 4 rings (SSSR count). The zero-order valence-electron chi connectivity index (χ0n) is 20.4. The number of aliphatic hydroxyl groups is 1. The second-order valence-corrected chi connectivity index (χ2v) is 9.30. The highest BCUT2D eigenvalue weighted by molar-refractivity contribution is 5.52. The summed E-state index contributed by atoms with van der Waals surface area (Å²) in [6.07, 6.45) is 0.770. The molecule has 0 radical (unpaired) electrons. The predicted molar refractivity (Wildman–Crippen MR) is 140 cm³/mol. The Labute approximate surface area is 203 Å². The van der Waals surface area contributed by atoms with Gasteiger partial charge in [-0.05, 0) is 48.2 Å². The largest absolute Gasteiger partial charge is 0.496 e. The molecule has 3 aromatic carbocycles. The Balaban J connectivity index is 1.65. The first kappa shape index (κ1) is 24.3. The number of ether oxygens (including phenoxy) is 1. The number of benzene rings is 3. The van der Waals surface area contributed by atoms with E-state index in [0.29, 0.717) is 12.5 Å². The van der Waals surface area contributed by atoms with E-state index in [1.54, 1.807) is 7.11 Å². The third-order valence-electron chi connectivity index (χ3n) is 7.00. The third kappa shape index (κ3) is 5.44. The van der Waals surface area contributed by atoms with Crippen molar-refractivity contribution in [3.05, 3.63) is 95.6 Å². The number of nitrogens with zero attached hydrogens (tertiary/aromatic N) is 1. The summed E-state index contributed by atoms with van der Waals surface area (Å²) in [6, 6.07) is 28.2. The molecule has 34 heavy (non-hydrogen) atoms. The van der Waals surface area contributed by atoms with Gasteiger partial charge < -0.3 is 25.4 Å². The van der Waals surface area contributed by atoms with Crippen molar-refractivity contribution >= 4 is 5.69 Å². The van der Waals surface area contributed by atoms with Crippen LogP contribution in [0.4, 0.5) is 5.69 Å². The van der Waals surface area contributed by atoms with Gasteiger partial charge in [0.1, 0.15) is 5.75 Å². The molecule has 1 aliphatic heterocycles. The Kier molecular flexibility index (Phi) is 8.22. The molecule has 3 aromatic rings. The average Bonchev–Trinajstić information content (AvgIpc) is 3.26. The lowest BCUT2D eigenvalue weighted by Gasteiger charge is -2.32. The van der Waals surface area contributed by atoms with Crippen LogP contribution < -0.4 is 20.3 Å². The Morgan fingerprint density at radius 1 is 1.00 bits per heavy atom. The minimum Gasteiger partial charge on any atom is -0.496 e. The van der Waals surface area contributed by atoms with Crippen LogP contribution in [0.3, 0.4) is 0 Å². The summed E-state index contributed by atoms with van der Waals surface area (Å²) in [7, 11) is 5.83. The lowest BCUT2D eigenvalue weighted by Crippen LogP contribution is -2.46. The predicted octanol–water partition coefficient (Wildman–Crippen LogP) is 4.02. The lowest BCUT2D eigenvalue weighted by molar-refractivity contribution is 0.241. The van der Waals surface area contributed by atoms with E-state index in [9.17, 15) is 5.11 Å². The maximum atomic E-state index is 9.79. The number of nitrogens with one attached hydrogen (secondary N) is 2. The van der Waals surface area contributed by atoms with Crippen molar-refractivity contribution in [2.24, 2.45) is 5.92 Å². The quantitative estimate of drug-likeness (QED) is 0.428. The highest BCUT2D eigenvalue weighted by Crippen LogP contribution is 2.35. The molecule has 0 aliphatic carbocycles. The van der Waals surface area contributed by atoms with E-state index in [1.165, 1.54) is 11.1 Å². The number of hydrogen-bond donors (Lipinski definition) is 3. The van der Waals surface area contributed by atoms with Gasteiger partial charge in [-0.25, -0.2) is 0 Å². The van der Waals surface area contributed by atoms with Gasteiger partial charge in [0.05, 0.1) is 7.11 Å². The summed E-state index contributed by atoms with van der Waals surface area (Å²) in [6.45, 7) is 1.78. The Morgan fingerprint density at radius 2 is 1.65 bits per heavy atom. The van der Waals surface area contributed by atoms with Crippen molar-refractivity contribution in [1.82, 2.24) is 10.6 Å². The van der Waals surface area contributed by atoms with Gasteiger partial charge in [-0.1, -0.05) is 60.7 Å². The molecule has 3 N–H and O–H groups in total. The molecule has 1 aliphatic rings. The second-order valence-electron chi connectivity index (χ2n) is 9.30. The van der Waals surface area contributed by atoms with Crippen LogP contribution in [0.2, 0.25) is 0 Å². The maximum Gasteiger partial charge on any atom is 0.123 e. The van der Waals surface area contributed by atoms with Crippen molar-refractivity contribution in [3.63, 3.8) is 0 Å². The summed E-state index contributed by atoms with van der Waals surface area (Å²) >= 11 is 0. The smallest absolute Gasteiger partial charge is 0.123 e. The van der Waals surface area contributed by atoms with Crippen molar-refractivity contribution in [2.45, 2.75) is 31.0 Å². The zero-order valence-corrected chi connectivity index (χ0v) is 20.4. The monoisotopic (exact) mass is 459 g/mol. The SMILES string of the molecule is COc1ccc(N(C)C)cc1CNC1C(CCO)CNC1C(c1ccccc1)c1ccccc1. The minimum atomic E-state index is 0.192. The van der Waals surface area contributed by atoms with Gasteiger partial charge in [0, 0.05) is 56.5 Å². The van der Waals surface area contributed by atoms with Crippen LogP contribution in [0, 0.1) is 5.92 Å². The molecule has 1 fully saturated rings. The van der Waals surface area contributed by atoms with Gasteiger partial charge in [-0.15, -0.1) is 0 Å². The Hall–Kier alpha value is -2.86. The van der Waals surface area contributed by atoms with E-state index in [4.69, 9.17) is 4.74 Å². The topological polar surface area (TPSA) is 56.8 Å². The van der Waals surface area contributed by atoms with Crippen LogP contribution >= 0.6 is 0 Å². The fourth-order valence-electron chi connectivity index (χ4n) is 5.24. The average molecular weight is 460 g/mol. The molecule has 0 saturated carbocycles. The normalized spacial score (nSPS) is 20.0. The fourth-order valence-corrected chi connectivity index (χ4v) is 5.24. The first-order valence-corrected chi connectivity index (χ1v) is 12.1. The summed E-state index contributed by atoms with van der Waals surface area (Å²) in [5, 5.41) is 17.5. The number of hydrogen-bond acceptors (Lipinski definition) is 5. The van der Waals surface area contributed by atoms with Crippen LogP contribution in [0.1, 0.15) is 29.0 Å². The molecule has 180 valence electrons. The number of rotatable bonds is 10. The second kappa shape index (κ2) is 11.5. The molecule has 0 spiro atoms. The maximum absolute atomic E-state index is 9.79. The van der Waals surface area contributed by atoms with E-state index in [2.05, 4.69) is 102 Å². The number of aliphatic hydroxyl groups excluding tert-OH is 1. The molecular formula is C29H37N3O2. The van der Waals surface area contributed by atoms with Crippen molar-refractivity contribution in [1.29, 1.82) is 0 Å². The van der Waals surface area contributed by atoms with Crippen LogP contribution in [0.15, 0.2) is 78.9 Å². The van der Waals surface area contributed by atoms with E-state index in [1.807, 2.05) is 6.07 Å². The molecule has 0 bridgehead atoms. The van der Waals surface area contributed by atoms with Crippen molar-refractivity contribution in [3.8, 4) is 5.75 Å². The molecule has 3 unspecified atom stereocenters. The summed E-state index contributed by atoms with van der Waals surface area (Å²) in [5.41, 5.74) is 4.89. The minimum absolute atomic E-state index is 0.192. The molecule has 0 amide bonds. The summed E-state index contributed by atoms with van der Waals surface area (Å²) in [4.78, 5) is 2.11. The highest BCUT2D eigenvalue weighted by atomic mass is 16.5. The van der Waals surface area contributed by atoms with Gasteiger partial charge in [0.2, 0.25) is 0 Å².